The van der Waals surface area contributed by atoms with Gasteiger partial charge in [-0.2, -0.15) is 5.26 Å². The third-order valence-electron chi connectivity index (χ3n) is 4.86. The molecule has 2 aliphatic rings. The van der Waals surface area contributed by atoms with E-state index in [0.717, 1.165) is 36.8 Å². The number of nitrogens with zero attached hydrogens (tertiary/aromatic N) is 3. The van der Waals surface area contributed by atoms with Crippen LogP contribution >= 0.6 is 11.8 Å². The number of likely N-dealkylation sites (tertiary alicyclic amines) is 1. The van der Waals surface area contributed by atoms with E-state index < -0.39 is 0 Å². The van der Waals surface area contributed by atoms with Crippen LogP contribution in [0.3, 0.4) is 0 Å². The molecule has 0 bridgehead atoms. The first-order valence-corrected chi connectivity index (χ1v) is 10.3. The lowest BCUT2D eigenvalue weighted by molar-refractivity contribution is -0.128. The normalized spacial score (nSPS) is 16.6. The van der Waals surface area contributed by atoms with Crippen LogP contribution in [0.25, 0.3) is 10.9 Å². The SMILES string of the molecule is N#Cc1cc2cc3c(cc2nc1SCC(=O)N1CCCCCC1)OCCO3. The molecule has 4 rings (SSSR count). The lowest BCUT2D eigenvalue weighted by Crippen LogP contribution is -2.33. The second kappa shape index (κ2) is 8.05. The Kier molecular flexibility index (Phi) is 5.35. The predicted octanol–water partition coefficient (Wildman–Crippen LogP) is 3.37. The predicted molar refractivity (Wildman–Crippen MR) is 103 cm³/mol. The van der Waals surface area contributed by atoms with Crippen molar-refractivity contribution in [1.82, 2.24) is 9.88 Å². The molecule has 2 aliphatic heterocycles. The quantitative estimate of drug-likeness (QED) is 0.757. The number of carbonyl (C=O) groups is 1. The average Bonchev–Trinajstić information content (AvgIpc) is 2.99. The Morgan fingerprint density at radius 3 is 2.52 bits per heavy atom. The van der Waals surface area contributed by atoms with Crippen molar-refractivity contribution in [2.75, 3.05) is 32.1 Å². The molecule has 0 N–H and O–H groups in total. The Labute approximate surface area is 162 Å². The number of thioether (sulfide) groups is 1. The second-order valence-corrected chi connectivity index (χ2v) is 7.69. The molecule has 0 atom stereocenters. The van der Waals surface area contributed by atoms with Crippen molar-refractivity contribution in [3.8, 4) is 17.6 Å². The zero-order valence-electron chi connectivity index (χ0n) is 15.1. The van der Waals surface area contributed by atoms with Gasteiger partial charge < -0.3 is 14.4 Å². The largest absolute Gasteiger partial charge is 0.486 e. The van der Waals surface area contributed by atoms with E-state index in [0.29, 0.717) is 41.1 Å². The highest BCUT2D eigenvalue weighted by atomic mass is 32.2. The van der Waals surface area contributed by atoms with Gasteiger partial charge in [0.2, 0.25) is 5.91 Å². The second-order valence-electron chi connectivity index (χ2n) is 6.73. The highest BCUT2D eigenvalue weighted by Gasteiger charge is 2.19. The molecule has 0 unspecified atom stereocenters. The summed E-state index contributed by atoms with van der Waals surface area (Å²) < 4.78 is 11.2. The van der Waals surface area contributed by atoms with Gasteiger partial charge in [0.25, 0.3) is 0 Å². The maximum atomic E-state index is 12.5. The van der Waals surface area contributed by atoms with E-state index >= 15 is 0 Å². The van der Waals surface area contributed by atoms with Crippen molar-refractivity contribution in [2.24, 2.45) is 0 Å². The summed E-state index contributed by atoms with van der Waals surface area (Å²) in [5, 5.41) is 10.9. The van der Waals surface area contributed by atoms with Crippen LogP contribution in [0, 0.1) is 11.3 Å². The maximum Gasteiger partial charge on any atom is 0.232 e. The minimum absolute atomic E-state index is 0.120. The molecule has 1 fully saturated rings. The molecule has 3 heterocycles. The van der Waals surface area contributed by atoms with Crippen LogP contribution in [0.4, 0.5) is 0 Å². The van der Waals surface area contributed by atoms with E-state index in [1.54, 1.807) is 6.07 Å². The summed E-state index contributed by atoms with van der Waals surface area (Å²) in [6.07, 6.45) is 4.53. The molecule has 140 valence electrons. The zero-order chi connectivity index (χ0) is 18.6. The van der Waals surface area contributed by atoms with Gasteiger partial charge in [0.15, 0.2) is 11.5 Å². The molecular formula is C20H21N3O3S. The summed E-state index contributed by atoms with van der Waals surface area (Å²) in [6.45, 7) is 2.70. The summed E-state index contributed by atoms with van der Waals surface area (Å²) in [7, 11) is 0. The number of amides is 1. The fourth-order valence-corrected chi connectivity index (χ4v) is 4.29. The molecule has 1 aromatic carbocycles. The van der Waals surface area contributed by atoms with Crippen molar-refractivity contribution in [3.63, 3.8) is 0 Å². The highest BCUT2D eigenvalue weighted by Crippen LogP contribution is 2.35. The molecule has 7 heteroatoms. The highest BCUT2D eigenvalue weighted by molar-refractivity contribution is 8.00. The standard InChI is InChI=1S/C20H21N3O3S/c21-12-15-9-14-10-17-18(26-8-7-25-17)11-16(14)22-20(15)27-13-19(24)23-5-3-1-2-4-6-23/h9-11H,1-8,13H2. The number of aromatic nitrogens is 1. The summed E-state index contributed by atoms with van der Waals surface area (Å²) in [5.41, 5.74) is 1.22. The Bertz CT molecular complexity index is 901. The first-order chi connectivity index (χ1) is 13.2. The van der Waals surface area contributed by atoms with Crippen LogP contribution in [0.5, 0.6) is 11.5 Å². The molecule has 1 aromatic heterocycles. The number of ether oxygens (including phenoxy) is 2. The lowest BCUT2D eigenvalue weighted by atomic mass is 10.1. The van der Waals surface area contributed by atoms with Gasteiger partial charge in [-0.1, -0.05) is 24.6 Å². The first-order valence-electron chi connectivity index (χ1n) is 9.30. The molecule has 0 radical (unpaired) electrons. The van der Waals surface area contributed by atoms with Gasteiger partial charge >= 0.3 is 0 Å². The summed E-state index contributed by atoms with van der Waals surface area (Å²) in [4.78, 5) is 19.1. The van der Waals surface area contributed by atoms with Gasteiger partial charge in [-0.3, -0.25) is 4.79 Å². The smallest absolute Gasteiger partial charge is 0.232 e. The molecule has 6 nitrogen and oxygen atoms in total. The van der Waals surface area contributed by atoms with Crippen LogP contribution in [0.2, 0.25) is 0 Å². The van der Waals surface area contributed by atoms with Crippen molar-refractivity contribution in [1.29, 1.82) is 5.26 Å². The molecule has 27 heavy (non-hydrogen) atoms. The van der Waals surface area contributed by atoms with E-state index in [1.807, 2.05) is 17.0 Å². The molecule has 0 aliphatic carbocycles. The van der Waals surface area contributed by atoms with Crippen LogP contribution in [0.15, 0.2) is 23.2 Å². The molecule has 0 saturated carbocycles. The van der Waals surface area contributed by atoms with Crippen molar-refractivity contribution in [2.45, 2.75) is 30.7 Å². The minimum atomic E-state index is 0.120. The fraction of sp³-hybridized carbons (Fsp3) is 0.450. The van der Waals surface area contributed by atoms with E-state index in [4.69, 9.17) is 9.47 Å². The fourth-order valence-electron chi connectivity index (χ4n) is 3.42. The molecule has 1 amide bonds. The molecular weight excluding hydrogens is 362 g/mol. The third kappa shape index (κ3) is 3.96. The molecule has 0 spiro atoms. The summed E-state index contributed by atoms with van der Waals surface area (Å²) in [5.74, 6) is 1.77. The maximum absolute atomic E-state index is 12.5. The van der Waals surface area contributed by atoms with E-state index in [2.05, 4.69) is 11.1 Å². The monoisotopic (exact) mass is 383 g/mol. The van der Waals surface area contributed by atoms with Gasteiger partial charge in [-0.25, -0.2) is 4.98 Å². The van der Waals surface area contributed by atoms with Crippen LogP contribution in [-0.2, 0) is 4.79 Å². The number of benzene rings is 1. The van der Waals surface area contributed by atoms with Gasteiger partial charge in [0.1, 0.15) is 24.3 Å². The average molecular weight is 383 g/mol. The van der Waals surface area contributed by atoms with Crippen molar-refractivity contribution < 1.29 is 14.3 Å². The Morgan fingerprint density at radius 1 is 1.11 bits per heavy atom. The van der Waals surface area contributed by atoms with Crippen molar-refractivity contribution in [3.05, 3.63) is 23.8 Å². The van der Waals surface area contributed by atoms with Gasteiger partial charge in [0, 0.05) is 24.5 Å². The number of pyridine rings is 1. The topological polar surface area (TPSA) is 75.5 Å². The van der Waals surface area contributed by atoms with Crippen LogP contribution in [0.1, 0.15) is 31.2 Å². The van der Waals surface area contributed by atoms with Crippen LogP contribution in [-0.4, -0.2) is 47.8 Å². The van der Waals surface area contributed by atoms with Gasteiger partial charge in [-0.15, -0.1) is 0 Å². The zero-order valence-corrected chi connectivity index (χ0v) is 15.9. The number of nitriles is 1. The lowest BCUT2D eigenvalue weighted by Gasteiger charge is -2.20. The van der Waals surface area contributed by atoms with E-state index in [9.17, 15) is 10.1 Å². The number of carbonyl (C=O) groups excluding carboxylic acids is 1. The van der Waals surface area contributed by atoms with Gasteiger partial charge in [0.05, 0.1) is 16.8 Å². The van der Waals surface area contributed by atoms with Crippen LogP contribution < -0.4 is 9.47 Å². The van der Waals surface area contributed by atoms with E-state index in [-0.39, 0.29) is 5.91 Å². The third-order valence-corrected chi connectivity index (χ3v) is 5.83. The van der Waals surface area contributed by atoms with Crippen molar-refractivity contribution >= 4 is 28.6 Å². The molecule has 1 saturated heterocycles. The Morgan fingerprint density at radius 2 is 1.81 bits per heavy atom. The number of hydrogen-bond acceptors (Lipinski definition) is 6. The summed E-state index contributed by atoms with van der Waals surface area (Å²) in [6, 6.07) is 7.70. The Hall–Kier alpha value is -2.46. The van der Waals surface area contributed by atoms with Gasteiger partial charge in [-0.05, 0) is 25.0 Å². The minimum Gasteiger partial charge on any atom is -0.486 e. The van der Waals surface area contributed by atoms with E-state index in [1.165, 1.54) is 24.6 Å². The summed E-state index contributed by atoms with van der Waals surface area (Å²) >= 11 is 1.34. The first kappa shape index (κ1) is 17.9. The Balaban J connectivity index is 1.55. The molecule has 2 aromatic rings. The number of rotatable bonds is 3. The number of fused-ring (bicyclic) bond motifs is 2. The number of hydrogen-bond donors (Lipinski definition) is 0.